The van der Waals surface area contributed by atoms with Crippen LogP contribution in [0.15, 0.2) is 72.1 Å². The molecular formula is C21H21NO2S. The summed E-state index contributed by atoms with van der Waals surface area (Å²) in [7, 11) is 1.61. The minimum Gasteiger partial charge on any atom is -0.497 e. The lowest BCUT2D eigenvalue weighted by Crippen LogP contribution is -2.37. The third-order valence-corrected chi connectivity index (χ3v) is 5.32. The van der Waals surface area contributed by atoms with E-state index < -0.39 is 6.04 Å². The molecule has 2 unspecified atom stereocenters. The SMILES string of the molecule is COc1ccc(C(=O)C(N)C(Cc2ccccc2)c2cccs2)cc1. The molecule has 2 atom stereocenters. The van der Waals surface area contributed by atoms with Gasteiger partial charge in [0.2, 0.25) is 0 Å². The third kappa shape index (κ3) is 4.16. The van der Waals surface area contributed by atoms with Gasteiger partial charge in [0, 0.05) is 16.4 Å². The number of nitrogens with two attached hydrogens (primary N) is 1. The fourth-order valence-electron chi connectivity index (χ4n) is 2.91. The summed E-state index contributed by atoms with van der Waals surface area (Å²) in [5.41, 5.74) is 8.22. The fourth-order valence-corrected chi connectivity index (χ4v) is 3.78. The minimum absolute atomic E-state index is 0.0444. The molecule has 1 aromatic heterocycles. The van der Waals surface area contributed by atoms with Crippen molar-refractivity contribution in [2.75, 3.05) is 7.11 Å². The molecule has 0 radical (unpaired) electrons. The lowest BCUT2D eigenvalue weighted by Gasteiger charge is -2.22. The molecule has 0 spiro atoms. The largest absolute Gasteiger partial charge is 0.497 e. The van der Waals surface area contributed by atoms with Gasteiger partial charge < -0.3 is 10.5 Å². The first-order valence-corrected chi connectivity index (χ1v) is 9.08. The average molecular weight is 351 g/mol. The van der Waals surface area contributed by atoms with Gasteiger partial charge >= 0.3 is 0 Å². The first kappa shape index (κ1) is 17.4. The van der Waals surface area contributed by atoms with Crippen molar-refractivity contribution in [1.29, 1.82) is 0 Å². The molecule has 0 bridgehead atoms. The van der Waals surface area contributed by atoms with E-state index in [-0.39, 0.29) is 11.7 Å². The van der Waals surface area contributed by atoms with Gasteiger partial charge in [-0.2, -0.15) is 0 Å². The van der Waals surface area contributed by atoms with Crippen LogP contribution in [0.2, 0.25) is 0 Å². The van der Waals surface area contributed by atoms with Crippen LogP contribution in [0, 0.1) is 0 Å². The monoisotopic (exact) mass is 351 g/mol. The van der Waals surface area contributed by atoms with Crippen LogP contribution in [0.4, 0.5) is 0 Å². The Balaban J connectivity index is 1.85. The van der Waals surface area contributed by atoms with Crippen molar-refractivity contribution in [2.45, 2.75) is 18.4 Å². The molecule has 4 heteroatoms. The molecule has 2 N–H and O–H groups in total. The van der Waals surface area contributed by atoms with Gasteiger partial charge in [-0.3, -0.25) is 4.79 Å². The second kappa shape index (κ2) is 8.10. The summed E-state index contributed by atoms with van der Waals surface area (Å²) in [4.78, 5) is 14.0. The van der Waals surface area contributed by atoms with Crippen LogP contribution in [0.5, 0.6) is 5.75 Å². The van der Waals surface area contributed by atoms with Crippen LogP contribution in [0.1, 0.15) is 26.7 Å². The van der Waals surface area contributed by atoms with Crippen molar-refractivity contribution < 1.29 is 9.53 Å². The van der Waals surface area contributed by atoms with Crippen molar-refractivity contribution in [2.24, 2.45) is 5.73 Å². The fraction of sp³-hybridized carbons (Fsp3) is 0.190. The molecule has 128 valence electrons. The van der Waals surface area contributed by atoms with E-state index in [0.717, 1.165) is 17.0 Å². The number of hydrogen-bond acceptors (Lipinski definition) is 4. The van der Waals surface area contributed by atoms with Crippen molar-refractivity contribution in [3.63, 3.8) is 0 Å². The van der Waals surface area contributed by atoms with Crippen LogP contribution >= 0.6 is 11.3 Å². The summed E-state index contributed by atoms with van der Waals surface area (Å²) in [6.45, 7) is 0. The highest BCUT2D eigenvalue weighted by atomic mass is 32.1. The van der Waals surface area contributed by atoms with Crippen LogP contribution in [0.3, 0.4) is 0 Å². The normalized spacial score (nSPS) is 13.2. The zero-order chi connectivity index (χ0) is 17.6. The molecule has 0 aliphatic rings. The molecule has 3 nitrogen and oxygen atoms in total. The molecule has 0 aliphatic carbocycles. The van der Waals surface area contributed by atoms with E-state index in [4.69, 9.17) is 10.5 Å². The summed E-state index contributed by atoms with van der Waals surface area (Å²) in [5.74, 6) is 0.637. The molecule has 1 heterocycles. The molecule has 3 aromatic rings. The zero-order valence-electron chi connectivity index (χ0n) is 14.1. The summed E-state index contributed by atoms with van der Waals surface area (Å²) < 4.78 is 5.15. The van der Waals surface area contributed by atoms with Crippen LogP contribution in [-0.4, -0.2) is 18.9 Å². The zero-order valence-corrected chi connectivity index (χ0v) is 14.9. The summed E-state index contributed by atoms with van der Waals surface area (Å²) in [5, 5.41) is 2.03. The average Bonchev–Trinajstić information content (AvgIpc) is 3.20. The standard InChI is InChI=1S/C21H21NO2S/c1-24-17-11-9-16(10-12-17)21(23)20(22)18(19-8-5-13-25-19)14-15-6-3-2-4-7-15/h2-13,18,20H,14,22H2,1H3. The number of ether oxygens (including phenoxy) is 1. The highest BCUT2D eigenvalue weighted by Crippen LogP contribution is 2.29. The van der Waals surface area contributed by atoms with Gasteiger partial charge in [0.1, 0.15) is 5.75 Å². The molecule has 3 rings (SSSR count). The second-order valence-corrected chi connectivity index (χ2v) is 6.91. The summed E-state index contributed by atoms with van der Waals surface area (Å²) in [6, 6.07) is 20.8. The van der Waals surface area contributed by atoms with Gasteiger partial charge in [-0.15, -0.1) is 11.3 Å². The molecule has 0 amide bonds. The molecule has 0 fully saturated rings. The van der Waals surface area contributed by atoms with Crippen molar-refractivity contribution in [1.82, 2.24) is 0 Å². The van der Waals surface area contributed by atoms with Crippen molar-refractivity contribution in [3.8, 4) is 5.75 Å². The lowest BCUT2D eigenvalue weighted by atomic mass is 9.87. The van der Waals surface area contributed by atoms with Gasteiger partial charge in [-0.1, -0.05) is 36.4 Å². The van der Waals surface area contributed by atoms with Gasteiger partial charge in [0.15, 0.2) is 5.78 Å². The van der Waals surface area contributed by atoms with E-state index in [9.17, 15) is 4.79 Å². The summed E-state index contributed by atoms with van der Waals surface area (Å²) in [6.07, 6.45) is 0.740. The number of carbonyl (C=O) groups excluding carboxylic acids is 1. The van der Waals surface area contributed by atoms with Gasteiger partial charge in [-0.05, 0) is 47.7 Å². The highest BCUT2D eigenvalue weighted by Gasteiger charge is 2.28. The maximum Gasteiger partial charge on any atom is 0.180 e. The number of thiophene rings is 1. The van der Waals surface area contributed by atoms with Gasteiger partial charge in [0.25, 0.3) is 0 Å². The van der Waals surface area contributed by atoms with Crippen molar-refractivity contribution >= 4 is 17.1 Å². The third-order valence-electron chi connectivity index (χ3n) is 4.32. The van der Waals surface area contributed by atoms with Gasteiger partial charge in [-0.25, -0.2) is 0 Å². The Morgan fingerprint density at radius 3 is 2.36 bits per heavy atom. The lowest BCUT2D eigenvalue weighted by molar-refractivity contribution is 0.0949. The number of rotatable bonds is 7. The Hall–Kier alpha value is -2.43. The van der Waals surface area contributed by atoms with Crippen molar-refractivity contribution in [3.05, 3.63) is 88.1 Å². The van der Waals surface area contributed by atoms with E-state index in [1.807, 2.05) is 29.6 Å². The number of benzene rings is 2. The first-order valence-electron chi connectivity index (χ1n) is 8.20. The van der Waals surface area contributed by atoms with E-state index >= 15 is 0 Å². The predicted octanol–water partition coefficient (Wildman–Crippen LogP) is 4.29. The number of ketones is 1. The molecule has 2 aromatic carbocycles. The maximum atomic E-state index is 12.9. The number of hydrogen-bond donors (Lipinski definition) is 1. The summed E-state index contributed by atoms with van der Waals surface area (Å²) >= 11 is 1.65. The highest BCUT2D eigenvalue weighted by molar-refractivity contribution is 7.10. The Morgan fingerprint density at radius 1 is 1.04 bits per heavy atom. The molecule has 0 saturated carbocycles. The Labute approximate surface area is 152 Å². The van der Waals surface area contributed by atoms with E-state index in [1.54, 1.807) is 42.7 Å². The van der Waals surface area contributed by atoms with Crippen LogP contribution in [0.25, 0.3) is 0 Å². The second-order valence-electron chi connectivity index (χ2n) is 5.93. The quantitative estimate of drug-likeness (QED) is 0.646. The first-order chi connectivity index (χ1) is 12.2. The predicted molar refractivity (Wildman–Crippen MR) is 103 cm³/mol. The molecule has 0 saturated heterocycles. The number of carbonyl (C=O) groups is 1. The number of methoxy groups -OCH3 is 1. The van der Waals surface area contributed by atoms with E-state index in [2.05, 4.69) is 18.2 Å². The molecule has 25 heavy (non-hydrogen) atoms. The maximum absolute atomic E-state index is 12.9. The molecule has 0 aliphatic heterocycles. The Bertz CT molecular complexity index is 798. The van der Waals surface area contributed by atoms with Gasteiger partial charge in [0.05, 0.1) is 13.2 Å². The van der Waals surface area contributed by atoms with E-state index in [1.165, 1.54) is 5.56 Å². The van der Waals surface area contributed by atoms with Crippen LogP contribution in [-0.2, 0) is 6.42 Å². The number of Topliss-reactive ketones (excluding diaryl/α,β-unsaturated/α-hetero) is 1. The Kier molecular flexibility index (Phi) is 5.64. The molecular weight excluding hydrogens is 330 g/mol. The Morgan fingerprint density at radius 2 is 1.76 bits per heavy atom. The minimum atomic E-state index is -0.591. The van der Waals surface area contributed by atoms with Crippen LogP contribution < -0.4 is 10.5 Å². The van der Waals surface area contributed by atoms with E-state index in [0.29, 0.717) is 5.56 Å². The smallest absolute Gasteiger partial charge is 0.180 e. The topological polar surface area (TPSA) is 52.3 Å².